The van der Waals surface area contributed by atoms with E-state index in [0.29, 0.717) is 6.42 Å². The first-order chi connectivity index (χ1) is 12.3. The second-order valence-electron chi connectivity index (χ2n) is 5.89. The molecule has 26 heavy (non-hydrogen) atoms. The van der Waals surface area contributed by atoms with Gasteiger partial charge in [0.15, 0.2) is 6.61 Å². The molecular weight excluding hydrogens is 342 g/mol. The fourth-order valence-electron chi connectivity index (χ4n) is 2.32. The van der Waals surface area contributed by atoms with E-state index in [2.05, 4.69) is 10.1 Å². The number of carbonyl (C=O) groups is 3. The zero-order valence-corrected chi connectivity index (χ0v) is 15.7. The second kappa shape index (κ2) is 10.3. The average Bonchev–Trinajstić information content (AvgIpc) is 2.63. The molecule has 1 aromatic carbocycles. The zero-order valence-electron chi connectivity index (χ0n) is 15.7. The maximum absolute atomic E-state index is 12.3. The van der Waals surface area contributed by atoms with Crippen LogP contribution in [0.5, 0.6) is 11.5 Å². The molecule has 0 saturated heterocycles. The number of esters is 2. The van der Waals surface area contributed by atoms with Crippen LogP contribution in [0.2, 0.25) is 0 Å². The number of ether oxygens (including phenoxy) is 4. The Morgan fingerprint density at radius 1 is 1.04 bits per heavy atom. The average molecular weight is 367 g/mol. The number of amides is 1. The number of carbonyl (C=O) groups excluding carboxylic acids is 3. The van der Waals surface area contributed by atoms with Gasteiger partial charge in [-0.15, -0.1) is 0 Å². The molecule has 144 valence electrons. The third-order valence-corrected chi connectivity index (χ3v) is 3.49. The summed E-state index contributed by atoms with van der Waals surface area (Å²) in [6.07, 6.45) is 0.409. The molecule has 0 aliphatic rings. The SMILES string of the molecule is COC(=O)[C@H](CC(C)C)NC(=O)COC(=O)c1c(OC)cccc1OC. The van der Waals surface area contributed by atoms with Crippen molar-refractivity contribution in [3.05, 3.63) is 23.8 Å². The third kappa shape index (κ3) is 5.94. The van der Waals surface area contributed by atoms with Crippen molar-refractivity contribution in [3.63, 3.8) is 0 Å². The van der Waals surface area contributed by atoms with Gasteiger partial charge in [-0.1, -0.05) is 19.9 Å². The van der Waals surface area contributed by atoms with Crippen LogP contribution in [-0.4, -0.2) is 51.8 Å². The van der Waals surface area contributed by atoms with Crippen molar-refractivity contribution in [2.24, 2.45) is 5.92 Å². The summed E-state index contributed by atoms with van der Waals surface area (Å²) in [6, 6.07) is 4.02. The highest BCUT2D eigenvalue weighted by Crippen LogP contribution is 2.28. The molecule has 8 heteroatoms. The first-order valence-corrected chi connectivity index (χ1v) is 8.09. The molecule has 1 atom stereocenters. The van der Waals surface area contributed by atoms with Crippen LogP contribution in [0.4, 0.5) is 0 Å². The normalized spacial score (nSPS) is 11.5. The summed E-state index contributed by atoms with van der Waals surface area (Å²) < 4.78 is 20.0. The van der Waals surface area contributed by atoms with Gasteiger partial charge < -0.3 is 24.3 Å². The van der Waals surface area contributed by atoms with Crippen LogP contribution in [-0.2, 0) is 19.1 Å². The van der Waals surface area contributed by atoms with E-state index in [1.165, 1.54) is 21.3 Å². The molecule has 1 N–H and O–H groups in total. The summed E-state index contributed by atoms with van der Waals surface area (Å²) in [5.74, 6) is -1.23. The Bertz CT molecular complexity index is 620. The van der Waals surface area contributed by atoms with E-state index in [1.807, 2.05) is 13.8 Å². The predicted molar refractivity (Wildman–Crippen MR) is 93.2 cm³/mol. The number of hydrogen-bond acceptors (Lipinski definition) is 7. The van der Waals surface area contributed by atoms with Gasteiger partial charge in [0.1, 0.15) is 23.1 Å². The molecule has 0 heterocycles. The maximum atomic E-state index is 12.3. The third-order valence-electron chi connectivity index (χ3n) is 3.49. The van der Waals surface area contributed by atoms with E-state index in [0.717, 1.165) is 0 Å². The first kappa shape index (κ1) is 21.3. The minimum Gasteiger partial charge on any atom is -0.496 e. The van der Waals surface area contributed by atoms with Crippen molar-refractivity contribution in [1.29, 1.82) is 0 Å². The number of benzene rings is 1. The van der Waals surface area contributed by atoms with Crippen LogP contribution in [0.15, 0.2) is 18.2 Å². The maximum Gasteiger partial charge on any atom is 0.346 e. The van der Waals surface area contributed by atoms with Crippen LogP contribution < -0.4 is 14.8 Å². The first-order valence-electron chi connectivity index (χ1n) is 8.09. The lowest BCUT2D eigenvalue weighted by Crippen LogP contribution is -2.44. The lowest BCUT2D eigenvalue weighted by atomic mass is 10.0. The molecule has 0 fully saturated rings. The monoisotopic (exact) mass is 367 g/mol. The van der Waals surface area contributed by atoms with Crippen LogP contribution in [0.1, 0.15) is 30.6 Å². The number of methoxy groups -OCH3 is 3. The van der Waals surface area contributed by atoms with Gasteiger partial charge in [-0.25, -0.2) is 9.59 Å². The van der Waals surface area contributed by atoms with Crippen molar-refractivity contribution < 1.29 is 33.3 Å². The Labute approximate surface area is 152 Å². The summed E-state index contributed by atoms with van der Waals surface area (Å²) in [5, 5.41) is 2.51. The van der Waals surface area contributed by atoms with Crippen molar-refractivity contribution in [2.75, 3.05) is 27.9 Å². The summed E-state index contributed by atoms with van der Waals surface area (Å²) in [5.41, 5.74) is 0.0806. The highest BCUT2D eigenvalue weighted by Gasteiger charge is 2.24. The van der Waals surface area contributed by atoms with Gasteiger partial charge in [0.05, 0.1) is 21.3 Å². The van der Waals surface area contributed by atoms with Gasteiger partial charge in [-0.05, 0) is 24.5 Å². The number of nitrogens with one attached hydrogen (secondary N) is 1. The summed E-state index contributed by atoms with van der Waals surface area (Å²) in [7, 11) is 4.06. The molecule has 0 aromatic heterocycles. The quantitative estimate of drug-likeness (QED) is 0.661. The van der Waals surface area contributed by atoms with Crippen LogP contribution in [0, 0.1) is 5.92 Å². The Hall–Kier alpha value is -2.77. The van der Waals surface area contributed by atoms with Crippen LogP contribution >= 0.6 is 0 Å². The molecule has 8 nitrogen and oxygen atoms in total. The van der Waals surface area contributed by atoms with Gasteiger partial charge in [-0.2, -0.15) is 0 Å². The minimum atomic E-state index is -0.799. The second-order valence-corrected chi connectivity index (χ2v) is 5.89. The number of rotatable bonds is 9. The fourth-order valence-corrected chi connectivity index (χ4v) is 2.32. The lowest BCUT2D eigenvalue weighted by Gasteiger charge is -2.18. The van der Waals surface area contributed by atoms with E-state index in [1.54, 1.807) is 18.2 Å². The fraction of sp³-hybridized carbons (Fsp3) is 0.500. The molecule has 0 radical (unpaired) electrons. The molecule has 0 spiro atoms. The van der Waals surface area contributed by atoms with Gasteiger partial charge in [0.2, 0.25) is 0 Å². The van der Waals surface area contributed by atoms with Gasteiger partial charge in [-0.3, -0.25) is 4.79 Å². The highest BCUT2D eigenvalue weighted by molar-refractivity contribution is 5.97. The summed E-state index contributed by atoms with van der Waals surface area (Å²) in [6.45, 7) is 3.28. The van der Waals surface area contributed by atoms with E-state index >= 15 is 0 Å². The Morgan fingerprint density at radius 3 is 2.08 bits per heavy atom. The Morgan fingerprint density at radius 2 is 1.62 bits per heavy atom. The Kier molecular flexibility index (Phi) is 8.41. The van der Waals surface area contributed by atoms with Crippen LogP contribution in [0.25, 0.3) is 0 Å². The molecular formula is C18H25NO7. The standard InChI is InChI=1S/C18H25NO7/c1-11(2)9-12(17(21)25-5)19-15(20)10-26-18(22)16-13(23-3)7-6-8-14(16)24-4/h6-8,11-12H,9-10H2,1-5H3,(H,19,20)/t12-/m0/s1. The molecule has 0 unspecified atom stereocenters. The molecule has 1 rings (SSSR count). The smallest absolute Gasteiger partial charge is 0.346 e. The predicted octanol–water partition coefficient (Wildman–Crippen LogP) is 1.56. The van der Waals surface area contributed by atoms with Crippen molar-refractivity contribution >= 4 is 17.8 Å². The number of hydrogen-bond donors (Lipinski definition) is 1. The van der Waals surface area contributed by atoms with Crippen molar-refractivity contribution in [3.8, 4) is 11.5 Å². The molecule has 0 saturated carbocycles. The van der Waals surface area contributed by atoms with Gasteiger partial charge in [0, 0.05) is 0 Å². The van der Waals surface area contributed by atoms with Gasteiger partial charge >= 0.3 is 11.9 Å². The minimum absolute atomic E-state index is 0.0806. The van der Waals surface area contributed by atoms with E-state index < -0.39 is 30.5 Å². The summed E-state index contributed by atoms with van der Waals surface area (Å²) >= 11 is 0. The zero-order chi connectivity index (χ0) is 19.7. The highest BCUT2D eigenvalue weighted by atomic mass is 16.5. The lowest BCUT2D eigenvalue weighted by molar-refractivity contribution is -0.145. The topological polar surface area (TPSA) is 100 Å². The van der Waals surface area contributed by atoms with Crippen molar-refractivity contribution in [1.82, 2.24) is 5.32 Å². The van der Waals surface area contributed by atoms with E-state index in [9.17, 15) is 14.4 Å². The summed E-state index contributed by atoms with van der Waals surface area (Å²) in [4.78, 5) is 36.1. The van der Waals surface area contributed by atoms with E-state index in [4.69, 9.17) is 14.2 Å². The van der Waals surface area contributed by atoms with E-state index in [-0.39, 0.29) is 23.0 Å². The molecule has 1 aromatic rings. The molecule has 0 bridgehead atoms. The molecule has 1 amide bonds. The van der Waals surface area contributed by atoms with Crippen LogP contribution in [0.3, 0.4) is 0 Å². The molecule has 0 aliphatic heterocycles. The van der Waals surface area contributed by atoms with Gasteiger partial charge in [0.25, 0.3) is 5.91 Å². The Balaban J connectivity index is 2.75. The van der Waals surface area contributed by atoms with Crippen molar-refractivity contribution in [2.45, 2.75) is 26.3 Å². The largest absolute Gasteiger partial charge is 0.496 e. The molecule has 0 aliphatic carbocycles.